The standard InChI is InChI=1S/C21H30O3/c1-20-9-7-17-16-6-4-15(22-2)13-14(16)3-5-18(17)19(20)8-10-21(20)23-11-12-24-21/h4,17-19H,3,5-13H2,1-2H3/t17?,18?,19?,20-/m0/s1. The van der Waals surface area contributed by atoms with Gasteiger partial charge < -0.3 is 14.2 Å². The van der Waals surface area contributed by atoms with Crippen LogP contribution in [0, 0.1) is 23.2 Å². The van der Waals surface area contributed by atoms with Crippen molar-refractivity contribution in [2.45, 2.75) is 64.1 Å². The fraction of sp³-hybridized carbons (Fsp3) is 0.810. The van der Waals surface area contributed by atoms with Gasteiger partial charge in [-0.2, -0.15) is 0 Å². The lowest BCUT2D eigenvalue weighted by Gasteiger charge is -2.53. The molecule has 5 aliphatic rings. The molecule has 132 valence electrons. The van der Waals surface area contributed by atoms with Crippen molar-refractivity contribution in [2.24, 2.45) is 23.2 Å². The first-order valence-electron chi connectivity index (χ1n) is 9.88. The molecule has 3 fully saturated rings. The molecule has 1 saturated heterocycles. The number of hydrogen-bond donors (Lipinski definition) is 0. The predicted molar refractivity (Wildman–Crippen MR) is 92.3 cm³/mol. The Morgan fingerprint density at radius 3 is 2.75 bits per heavy atom. The molecule has 0 amide bonds. The Morgan fingerprint density at radius 2 is 1.96 bits per heavy atom. The first-order valence-corrected chi connectivity index (χ1v) is 9.88. The Hall–Kier alpha value is -0.800. The van der Waals surface area contributed by atoms with Crippen LogP contribution in [-0.4, -0.2) is 26.1 Å². The van der Waals surface area contributed by atoms with Gasteiger partial charge in [0.15, 0.2) is 5.79 Å². The van der Waals surface area contributed by atoms with Crippen LogP contribution in [0.2, 0.25) is 0 Å². The van der Waals surface area contributed by atoms with Crippen molar-refractivity contribution >= 4 is 0 Å². The van der Waals surface area contributed by atoms with Crippen molar-refractivity contribution in [3.05, 3.63) is 23.0 Å². The Morgan fingerprint density at radius 1 is 1.12 bits per heavy atom. The summed E-state index contributed by atoms with van der Waals surface area (Å²) in [7, 11) is 1.81. The highest BCUT2D eigenvalue weighted by Gasteiger charge is 2.65. The second kappa shape index (κ2) is 5.35. The van der Waals surface area contributed by atoms with Crippen LogP contribution in [-0.2, 0) is 14.2 Å². The molecule has 5 rings (SSSR count). The predicted octanol–water partition coefficient (Wildman–Crippen LogP) is 4.59. The smallest absolute Gasteiger partial charge is 0.174 e. The molecule has 3 heteroatoms. The van der Waals surface area contributed by atoms with Crippen LogP contribution >= 0.6 is 0 Å². The van der Waals surface area contributed by atoms with Gasteiger partial charge in [0.2, 0.25) is 0 Å². The summed E-state index contributed by atoms with van der Waals surface area (Å²) >= 11 is 0. The van der Waals surface area contributed by atoms with Crippen molar-refractivity contribution in [2.75, 3.05) is 20.3 Å². The molecule has 1 heterocycles. The fourth-order valence-corrected chi connectivity index (χ4v) is 6.93. The molecule has 0 aromatic heterocycles. The molecular formula is C21H30O3. The minimum atomic E-state index is -0.257. The molecule has 1 spiro atoms. The molecule has 0 aromatic carbocycles. The quantitative estimate of drug-likeness (QED) is 0.658. The van der Waals surface area contributed by atoms with Gasteiger partial charge in [-0.3, -0.25) is 0 Å². The van der Waals surface area contributed by atoms with Crippen molar-refractivity contribution in [3.63, 3.8) is 0 Å². The lowest BCUT2D eigenvalue weighted by atomic mass is 9.54. The minimum Gasteiger partial charge on any atom is -0.501 e. The maximum absolute atomic E-state index is 6.23. The van der Waals surface area contributed by atoms with Crippen LogP contribution < -0.4 is 0 Å². The van der Waals surface area contributed by atoms with Gasteiger partial charge in [-0.25, -0.2) is 0 Å². The van der Waals surface area contributed by atoms with Crippen LogP contribution in [0.15, 0.2) is 23.0 Å². The molecule has 0 N–H and O–H groups in total. The van der Waals surface area contributed by atoms with Gasteiger partial charge in [0, 0.05) is 18.3 Å². The topological polar surface area (TPSA) is 27.7 Å². The Bertz CT molecular complexity index is 598. The Kier molecular flexibility index (Phi) is 3.44. The lowest BCUT2D eigenvalue weighted by Crippen LogP contribution is -2.52. The SMILES string of the molecule is COC1=CCC2=C(CCC3C2CC[C@@]2(C)C3CCC23OCCO3)C1. The van der Waals surface area contributed by atoms with Crippen LogP contribution in [0.4, 0.5) is 0 Å². The number of rotatable bonds is 1. The van der Waals surface area contributed by atoms with Crippen molar-refractivity contribution < 1.29 is 14.2 Å². The summed E-state index contributed by atoms with van der Waals surface area (Å²) in [5, 5.41) is 0. The molecule has 2 saturated carbocycles. The van der Waals surface area contributed by atoms with Crippen LogP contribution in [0.5, 0.6) is 0 Å². The largest absolute Gasteiger partial charge is 0.501 e. The number of methoxy groups -OCH3 is 1. The van der Waals surface area contributed by atoms with Crippen molar-refractivity contribution in [1.82, 2.24) is 0 Å². The maximum atomic E-state index is 6.23. The van der Waals surface area contributed by atoms with Gasteiger partial charge in [0.05, 0.1) is 26.1 Å². The number of fused-ring (bicyclic) bond motifs is 5. The van der Waals surface area contributed by atoms with Crippen LogP contribution in [0.3, 0.4) is 0 Å². The molecule has 1 aliphatic heterocycles. The Labute approximate surface area is 145 Å². The van der Waals surface area contributed by atoms with E-state index in [1.54, 1.807) is 11.1 Å². The Balaban J connectivity index is 1.43. The maximum Gasteiger partial charge on any atom is 0.174 e. The summed E-state index contributed by atoms with van der Waals surface area (Å²) in [6.07, 6.45) is 12.1. The van der Waals surface area contributed by atoms with E-state index in [0.29, 0.717) is 0 Å². The highest BCUT2D eigenvalue weighted by molar-refractivity contribution is 5.33. The highest BCUT2D eigenvalue weighted by atomic mass is 16.7. The molecule has 3 nitrogen and oxygen atoms in total. The number of ether oxygens (including phenoxy) is 3. The minimum absolute atomic E-state index is 0.227. The fourth-order valence-electron chi connectivity index (χ4n) is 6.93. The number of allylic oxidation sites excluding steroid dienone is 3. The first-order chi connectivity index (χ1) is 11.7. The summed E-state index contributed by atoms with van der Waals surface area (Å²) in [5.74, 6) is 3.34. The molecule has 4 atom stereocenters. The average molecular weight is 330 g/mol. The van der Waals surface area contributed by atoms with E-state index in [4.69, 9.17) is 14.2 Å². The van der Waals surface area contributed by atoms with Crippen molar-refractivity contribution in [1.29, 1.82) is 0 Å². The zero-order valence-electron chi connectivity index (χ0n) is 15.1. The summed E-state index contributed by atoms with van der Waals surface area (Å²) in [4.78, 5) is 0. The second-order valence-corrected chi connectivity index (χ2v) is 8.74. The molecule has 3 unspecified atom stereocenters. The normalized spacial score (nSPS) is 43.2. The third kappa shape index (κ3) is 1.92. The summed E-state index contributed by atoms with van der Waals surface area (Å²) in [6.45, 7) is 4.05. The van der Waals surface area contributed by atoms with E-state index in [2.05, 4.69) is 13.0 Å². The summed E-state index contributed by atoms with van der Waals surface area (Å²) < 4.78 is 18.0. The van der Waals surface area contributed by atoms with Gasteiger partial charge in [-0.15, -0.1) is 0 Å². The third-order valence-corrected chi connectivity index (χ3v) is 8.12. The molecule has 24 heavy (non-hydrogen) atoms. The summed E-state index contributed by atoms with van der Waals surface area (Å²) in [5.41, 5.74) is 3.69. The van der Waals surface area contributed by atoms with E-state index in [0.717, 1.165) is 50.2 Å². The van der Waals surface area contributed by atoms with Gasteiger partial charge in [-0.1, -0.05) is 18.1 Å². The van der Waals surface area contributed by atoms with E-state index < -0.39 is 0 Å². The van der Waals surface area contributed by atoms with Crippen molar-refractivity contribution in [3.8, 4) is 0 Å². The van der Waals surface area contributed by atoms with Gasteiger partial charge in [0.1, 0.15) is 0 Å². The van der Waals surface area contributed by atoms with E-state index in [1.165, 1.54) is 37.9 Å². The van der Waals surface area contributed by atoms with Gasteiger partial charge in [0.25, 0.3) is 0 Å². The highest BCUT2D eigenvalue weighted by Crippen LogP contribution is 2.66. The average Bonchev–Trinajstić information content (AvgIpc) is 3.21. The van der Waals surface area contributed by atoms with E-state index in [-0.39, 0.29) is 11.2 Å². The van der Waals surface area contributed by atoms with Crippen LogP contribution in [0.25, 0.3) is 0 Å². The molecule has 0 aromatic rings. The van der Waals surface area contributed by atoms with Crippen LogP contribution in [0.1, 0.15) is 58.3 Å². The van der Waals surface area contributed by atoms with E-state index in [1.807, 2.05) is 7.11 Å². The molecule has 0 radical (unpaired) electrons. The number of hydrogen-bond acceptors (Lipinski definition) is 3. The van der Waals surface area contributed by atoms with Gasteiger partial charge >= 0.3 is 0 Å². The molecule has 0 bridgehead atoms. The molecular weight excluding hydrogens is 300 g/mol. The van der Waals surface area contributed by atoms with E-state index in [9.17, 15) is 0 Å². The second-order valence-electron chi connectivity index (χ2n) is 8.74. The molecule has 4 aliphatic carbocycles. The first kappa shape index (κ1) is 15.5. The zero-order valence-corrected chi connectivity index (χ0v) is 15.1. The third-order valence-electron chi connectivity index (χ3n) is 8.12. The monoisotopic (exact) mass is 330 g/mol. The zero-order chi connectivity index (χ0) is 16.4. The van der Waals surface area contributed by atoms with E-state index >= 15 is 0 Å². The lowest BCUT2D eigenvalue weighted by molar-refractivity contribution is -0.238. The summed E-state index contributed by atoms with van der Waals surface area (Å²) in [6, 6.07) is 0. The van der Waals surface area contributed by atoms with Gasteiger partial charge in [-0.05, 0) is 62.4 Å².